The number of aromatic hydroxyl groups is 1. The molecule has 3 aliphatic heterocycles. The number of hydrogen-bond donors (Lipinski definition) is 2. The average molecular weight is 521 g/mol. The molecule has 2 atom stereocenters. The van der Waals surface area contributed by atoms with E-state index < -0.39 is 17.4 Å². The molecule has 6 rings (SSSR count). The highest BCUT2D eigenvalue weighted by Gasteiger charge is 2.60. The predicted molar refractivity (Wildman–Crippen MR) is 141 cm³/mol. The number of aromatic nitrogens is 1. The molecule has 200 valence electrons. The number of fused-ring (bicyclic) bond motifs is 4. The van der Waals surface area contributed by atoms with Gasteiger partial charge in [-0.15, -0.1) is 0 Å². The summed E-state index contributed by atoms with van der Waals surface area (Å²) in [6.07, 6.45) is 4.66. The molecule has 1 aromatic heterocycles. The highest BCUT2D eigenvalue weighted by molar-refractivity contribution is 6.08. The Morgan fingerprint density at radius 1 is 1.13 bits per heavy atom. The largest absolute Gasteiger partial charge is 0.508 e. The summed E-state index contributed by atoms with van der Waals surface area (Å²) in [5, 5.41) is 11.0. The van der Waals surface area contributed by atoms with Gasteiger partial charge in [-0.2, -0.15) is 0 Å². The number of halogens is 1. The van der Waals surface area contributed by atoms with Crippen LogP contribution in [0.5, 0.6) is 11.5 Å². The number of carbonyl (C=O) groups is 2. The Kier molecular flexibility index (Phi) is 6.06. The molecule has 2 fully saturated rings. The molecule has 4 heterocycles. The summed E-state index contributed by atoms with van der Waals surface area (Å²) in [6, 6.07) is 8.79. The third kappa shape index (κ3) is 3.83. The SMILES string of the molecule is COc1cc2c3c([nH]c2cc1F)C(c1cccc(O)c1)N1C(=O)N(CCCN2CCCCC2)C(=O)C1(C)C3. The smallest absolute Gasteiger partial charge is 0.328 e. The van der Waals surface area contributed by atoms with Crippen LogP contribution in [-0.4, -0.2) is 75.6 Å². The molecule has 2 saturated heterocycles. The minimum atomic E-state index is -1.12. The number of ether oxygens (including phenoxy) is 1. The van der Waals surface area contributed by atoms with Crippen LogP contribution in [0.4, 0.5) is 9.18 Å². The van der Waals surface area contributed by atoms with E-state index in [2.05, 4.69) is 9.88 Å². The molecule has 38 heavy (non-hydrogen) atoms. The lowest BCUT2D eigenvalue weighted by atomic mass is 9.81. The molecule has 0 radical (unpaired) electrons. The number of amides is 3. The van der Waals surface area contributed by atoms with E-state index in [1.807, 2.05) is 13.0 Å². The Morgan fingerprint density at radius 3 is 2.66 bits per heavy atom. The summed E-state index contributed by atoms with van der Waals surface area (Å²) < 4.78 is 19.8. The number of hydrogen-bond acceptors (Lipinski definition) is 5. The van der Waals surface area contributed by atoms with Crippen molar-refractivity contribution in [3.8, 4) is 11.5 Å². The summed E-state index contributed by atoms with van der Waals surface area (Å²) in [6.45, 7) is 5.17. The van der Waals surface area contributed by atoms with Crippen LogP contribution in [-0.2, 0) is 11.2 Å². The van der Waals surface area contributed by atoms with Gasteiger partial charge in [0, 0.05) is 35.6 Å². The highest BCUT2D eigenvalue weighted by atomic mass is 19.1. The third-order valence-corrected chi connectivity index (χ3v) is 8.43. The lowest BCUT2D eigenvalue weighted by Crippen LogP contribution is -2.53. The van der Waals surface area contributed by atoms with E-state index in [0.29, 0.717) is 29.7 Å². The second-order valence-electron chi connectivity index (χ2n) is 10.9. The van der Waals surface area contributed by atoms with Crippen LogP contribution in [0.15, 0.2) is 36.4 Å². The lowest BCUT2D eigenvalue weighted by Gasteiger charge is -2.42. The van der Waals surface area contributed by atoms with Gasteiger partial charge in [0.15, 0.2) is 11.6 Å². The number of urea groups is 1. The summed E-state index contributed by atoms with van der Waals surface area (Å²) in [5.74, 6) is -0.530. The van der Waals surface area contributed by atoms with Crippen molar-refractivity contribution in [2.75, 3.05) is 33.3 Å². The maximum atomic E-state index is 14.6. The molecule has 0 aliphatic carbocycles. The van der Waals surface area contributed by atoms with Crippen molar-refractivity contribution in [3.05, 3.63) is 59.0 Å². The highest BCUT2D eigenvalue weighted by Crippen LogP contribution is 2.49. The van der Waals surface area contributed by atoms with E-state index in [1.54, 1.807) is 29.2 Å². The van der Waals surface area contributed by atoms with Gasteiger partial charge in [0.2, 0.25) is 0 Å². The van der Waals surface area contributed by atoms with Gasteiger partial charge in [-0.3, -0.25) is 14.6 Å². The first-order valence-electron chi connectivity index (χ1n) is 13.4. The number of phenols is 1. The predicted octanol–water partition coefficient (Wildman–Crippen LogP) is 4.57. The molecule has 2 unspecified atom stereocenters. The van der Waals surface area contributed by atoms with Gasteiger partial charge in [-0.25, -0.2) is 9.18 Å². The first kappa shape index (κ1) is 24.7. The maximum Gasteiger partial charge on any atom is 0.328 e. The molecule has 9 heteroatoms. The third-order valence-electron chi connectivity index (χ3n) is 8.43. The van der Waals surface area contributed by atoms with Gasteiger partial charge in [-0.05, 0) is 75.1 Å². The van der Waals surface area contributed by atoms with Gasteiger partial charge in [0.25, 0.3) is 5.91 Å². The number of nitrogens with one attached hydrogen (secondary N) is 1. The normalized spacial score (nSPS) is 23.7. The number of aromatic amines is 1. The van der Waals surface area contributed by atoms with Crippen molar-refractivity contribution < 1.29 is 23.8 Å². The number of methoxy groups -OCH3 is 1. The van der Waals surface area contributed by atoms with E-state index in [-0.39, 0.29) is 23.4 Å². The molecule has 2 N–H and O–H groups in total. The minimum absolute atomic E-state index is 0.0662. The van der Waals surface area contributed by atoms with Crippen LogP contribution >= 0.6 is 0 Å². The molecule has 2 aromatic carbocycles. The Bertz CT molecular complexity index is 1420. The molecule has 3 aliphatic rings. The number of phenolic OH excluding ortho intramolecular Hbond substituents is 1. The molecule has 3 aromatic rings. The Hall–Kier alpha value is -3.59. The number of carbonyl (C=O) groups excluding carboxylic acids is 2. The van der Waals surface area contributed by atoms with Crippen LogP contribution in [0.3, 0.4) is 0 Å². The number of H-pyrrole nitrogens is 1. The van der Waals surface area contributed by atoms with Crippen LogP contribution in [0.1, 0.15) is 55.5 Å². The zero-order valence-corrected chi connectivity index (χ0v) is 21.8. The number of imide groups is 1. The summed E-state index contributed by atoms with van der Waals surface area (Å²) in [4.78, 5) is 36.7. The van der Waals surface area contributed by atoms with Gasteiger partial charge in [0.05, 0.1) is 7.11 Å². The zero-order valence-electron chi connectivity index (χ0n) is 21.8. The average Bonchev–Trinajstić information content (AvgIpc) is 3.34. The molecule has 0 bridgehead atoms. The fraction of sp³-hybridized carbons (Fsp3) is 0.448. The Balaban J connectivity index is 1.41. The van der Waals surface area contributed by atoms with Crippen molar-refractivity contribution in [1.82, 2.24) is 19.7 Å². The molecular weight excluding hydrogens is 487 g/mol. The van der Waals surface area contributed by atoms with Crippen molar-refractivity contribution in [1.29, 1.82) is 0 Å². The molecule has 3 amide bonds. The standard InChI is InChI=1S/C29H33FN4O4/c1-29-17-21-20-15-24(38-2)22(30)16-23(20)31-25(21)26(18-8-6-9-19(35)14-18)34(29)28(37)33(27(29)36)13-7-12-32-10-4-3-5-11-32/h6,8-9,14-16,26,31,35H,3-5,7,10-13,17H2,1-2H3. The lowest BCUT2D eigenvalue weighted by molar-refractivity contribution is -0.133. The minimum Gasteiger partial charge on any atom is -0.508 e. The number of likely N-dealkylation sites (tertiary alicyclic amines) is 1. The van der Waals surface area contributed by atoms with Crippen molar-refractivity contribution >= 4 is 22.8 Å². The summed E-state index contributed by atoms with van der Waals surface area (Å²) in [7, 11) is 1.42. The van der Waals surface area contributed by atoms with Crippen LogP contribution in [0.25, 0.3) is 10.9 Å². The van der Waals surface area contributed by atoms with E-state index in [4.69, 9.17) is 4.74 Å². The van der Waals surface area contributed by atoms with E-state index >= 15 is 0 Å². The van der Waals surface area contributed by atoms with E-state index in [9.17, 15) is 19.1 Å². The fourth-order valence-corrected chi connectivity index (χ4v) is 6.55. The topological polar surface area (TPSA) is 89.1 Å². The fourth-order valence-electron chi connectivity index (χ4n) is 6.55. The Labute approximate surface area is 221 Å². The number of rotatable bonds is 6. The first-order chi connectivity index (χ1) is 18.3. The molecular formula is C29H33FN4O4. The molecule has 8 nitrogen and oxygen atoms in total. The van der Waals surface area contributed by atoms with Crippen molar-refractivity contribution in [2.45, 2.75) is 50.6 Å². The Morgan fingerprint density at radius 2 is 1.92 bits per heavy atom. The van der Waals surface area contributed by atoms with Gasteiger partial charge in [-0.1, -0.05) is 18.6 Å². The quantitative estimate of drug-likeness (QED) is 0.465. The van der Waals surface area contributed by atoms with Gasteiger partial charge >= 0.3 is 6.03 Å². The van der Waals surface area contributed by atoms with Crippen molar-refractivity contribution in [2.24, 2.45) is 0 Å². The second-order valence-corrected chi connectivity index (χ2v) is 10.9. The maximum absolute atomic E-state index is 14.6. The van der Waals surface area contributed by atoms with Crippen LogP contribution in [0, 0.1) is 5.82 Å². The monoisotopic (exact) mass is 520 g/mol. The number of benzene rings is 2. The molecule has 0 spiro atoms. The van der Waals surface area contributed by atoms with Crippen LogP contribution in [0.2, 0.25) is 0 Å². The number of nitrogens with zero attached hydrogens (tertiary/aromatic N) is 3. The van der Waals surface area contributed by atoms with E-state index in [0.717, 1.165) is 37.0 Å². The summed E-state index contributed by atoms with van der Waals surface area (Å²) in [5.41, 5.74) is 1.69. The van der Waals surface area contributed by atoms with Crippen LogP contribution < -0.4 is 4.74 Å². The number of piperidine rings is 1. The summed E-state index contributed by atoms with van der Waals surface area (Å²) >= 11 is 0. The van der Waals surface area contributed by atoms with Gasteiger partial charge < -0.3 is 19.7 Å². The first-order valence-corrected chi connectivity index (χ1v) is 13.4. The van der Waals surface area contributed by atoms with Crippen molar-refractivity contribution in [3.63, 3.8) is 0 Å². The van der Waals surface area contributed by atoms with Gasteiger partial charge in [0.1, 0.15) is 17.3 Å². The van der Waals surface area contributed by atoms with E-state index in [1.165, 1.54) is 37.3 Å². The second kappa shape index (κ2) is 9.31. The zero-order chi connectivity index (χ0) is 26.6. The molecule has 0 saturated carbocycles.